The third-order valence-electron chi connectivity index (χ3n) is 6.91. The largest absolute Gasteiger partial charge is 0.449 e. The molecule has 0 spiro atoms. The topological polar surface area (TPSA) is 62.1 Å². The van der Waals surface area contributed by atoms with Crippen LogP contribution in [0, 0.1) is 0 Å². The number of ether oxygens (including phenoxy) is 2. The lowest BCUT2D eigenvalue weighted by atomic mass is 10.1. The molecular weight excluding hydrogens is 484 g/mol. The molecule has 0 aliphatic carbocycles. The van der Waals surface area contributed by atoms with Gasteiger partial charge in [-0.15, -0.1) is 0 Å². The first kappa shape index (κ1) is 21.6. The van der Waals surface area contributed by atoms with Crippen LogP contribution in [0.3, 0.4) is 0 Å². The fourth-order valence-corrected chi connectivity index (χ4v) is 5.10. The maximum atomic E-state index is 6.27. The number of para-hydroxylation sites is 3. The molecule has 0 saturated carbocycles. The molecule has 2 aromatic heterocycles. The molecule has 0 N–H and O–H groups in total. The number of hydrogen-bond acceptors (Lipinski definition) is 5. The molecule has 6 nitrogen and oxygen atoms in total. The Labute approximate surface area is 223 Å². The van der Waals surface area contributed by atoms with E-state index in [1.165, 1.54) is 0 Å². The summed E-state index contributed by atoms with van der Waals surface area (Å²) in [7, 11) is 0. The fourth-order valence-electron chi connectivity index (χ4n) is 5.10. The summed E-state index contributed by atoms with van der Waals surface area (Å²) in [5, 5.41) is 2.09. The van der Waals surface area contributed by atoms with E-state index in [9.17, 15) is 0 Å². The minimum Gasteiger partial charge on any atom is -0.449 e. The van der Waals surface area contributed by atoms with Crippen molar-refractivity contribution in [3.63, 3.8) is 0 Å². The normalized spacial score (nSPS) is 12.0. The van der Waals surface area contributed by atoms with Gasteiger partial charge in [-0.25, -0.2) is 4.98 Å². The number of hydrogen-bond donors (Lipinski definition) is 0. The zero-order valence-corrected chi connectivity index (χ0v) is 20.7. The smallest absolute Gasteiger partial charge is 0.238 e. The highest BCUT2D eigenvalue weighted by molar-refractivity contribution is 6.10. The van der Waals surface area contributed by atoms with Crippen molar-refractivity contribution in [1.29, 1.82) is 0 Å². The summed E-state index contributed by atoms with van der Waals surface area (Å²) in [6.45, 7) is 0. The Morgan fingerprint density at radius 1 is 0.436 bits per heavy atom. The van der Waals surface area contributed by atoms with Crippen LogP contribution in [0.2, 0.25) is 0 Å². The Morgan fingerprint density at radius 3 is 1.62 bits per heavy atom. The second kappa shape index (κ2) is 8.53. The first-order valence-corrected chi connectivity index (χ1v) is 12.7. The Balaban J connectivity index is 1.41. The first-order valence-electron chi connectivity index (χ1n) is 12.7. The second-order valence-electron chi connectivity index (χ2n) is 9.33. The zero-order valence-electron chi connectivity index (χ0n) is 20.7. The van der Waals surface area contributed by atoms with Gasteiger partial charge in [-0.2, -0.15) is 9.97 Å². The van der Waals surface area contributed by atoms with Gasteiger partial charge in [0.25, 0.3) is 0 Å². The summed E-state index contributed by atoms with van der Waals surface area (Å²) in [6.07, 6.45) is 0. The summed E-state index contributed by atoms with van der Waals surface area (Å²) in [5.41, 5.74) is 3.74. The molecule has 0 fully saturated rings. The van der Waals surface area contributed by atoms with E-state index < -0.39 is 0 Å². The molecule has 8 rings (SSSR count). The second-order valence-corrected chi connectivity index (χ2v) is 9.33. The minimum atomic E-state index is 0.533. The maximum absolute atomic E-state index is 6.27. The van der Waals surface area contributed by atoms with Crippen molar-refractivity contribution in [1.82, 2.24) is 19.5 Å². The third-order valence-corrected chi connectivity index (χ3v) is 6.91. The molecule has 1 aliphatic heterocycles. The summed E-state index contributed by atoms with van der Waals surface area (Å²) in [4.78, 5) is 14.8. The van der Waals surface area contributed by atoms with Gasteiger partial charge in [-0.05, 0) is 24.3 Å². The predicted octanol–water partition coefficient (Wildman–Crippen LogP) is 8.20. The van der Waals surface area contributed by atoms with E-state index in [0.29, 0.717) is 40.6 Å². The van der Waals surface area contributed by atoms with Gasteiger partial charge in [0.1, 0.15) is 0 Å². The Bertz CT molecular complexity index is 1960. The number of benzene rings is 5. The van der Waals surface area contributed by atoms with E-state index >= 15 is 0 Å². The molecule has 7 aromatic rings. The van der Waals surface area contributed by atoms with Crippen LogP contribution in [0.15, 0.2) is 121 Å². The predicted molar refractivity (Wildman–Crippen MR) is 152 cm³/mol. The van der Waals surface area contributed by atoms with Crippen molar-refractivity contribution in [2.75, 3.05) is 0 Å². The molecule has 3 heterocycles. The third kappa shape index (κ3) is 3.54. The zero-order chi connectivity index (χ0) is 25.8. The van der Waals surface area contributed by atoms with E-state index in [0.717, 1.165) is 32.9 Å². The molecule has 39 heavy (non-hydrogen) atoms. The summed E-state index contributed by atoms with van der Waals surface area (Å²) < 4.78 is 14.6. The molecule has 184 valence electrons. The van der Waals surface area contributed by atoms with Gasteiger partial charge in [-0.1, -0.05) is 91.0 Å². The Morgan fingerprint density at radius 2 is 0.974 bits per heavy atom. The van der Waals surface area contributed by atoms with E-state index in [1.807, 2.05) is 109 Å². The van der Waals surface area contributed by atoms with Gasteiger partial charge in [0, 0.05) is 28.0 Å². The van der Waals surface area contributed by atoms with Crippen molar-refractivity contribution in [2.24, 2.45) is 0 Å². The Hall–Kier alpha value is -5.49. The van der Waals surface area contributed by atoms with Crippen LogP contribution in [0.5, 0.6) is 23.0 Å². The fraction of sp³-hybridized carbons (Fsp3) is 0. The summed E-state index contributed by atoms with van der Waals surface area (Å²) in [6, 6.07) is 40.0. The van der Waals surface area contributed by atoms with Crippen molar-refractivity contribution >= 4 is 21.8 Å². The summed E-state index contributed by atoms with van der Waals surface area (Å²) >= 11 is 0. The van der Waals surface area contributed by atoms with Crippen LogP contribution in [0.25, 0.3) is 50.5 Å². The number of rotatable bonds is 3. The number of fused-ring (bicyclic) bond motifs is 5. The minimum absolute atomic E-state index is 0.533. The average Bonchev–Trinajstić information content (AvgIpc) is 3.32. The molecule has 6 heteroatoms. The van der Waals surface area contributed by atoms with Crippen LogP contribution in [-0.4, -0.2) is 19.5 Å². The average molecular weight is 505 g/mol. The Kier molecular flexibility index (Phi) is 4.72. The highest BCUT2D eigenvalue weighted by Crippen LogP contribution is 2.48. The maximum Gasteiger partial charge on any atom is 0.238 e. The number of aromatic nitrogens is 4. The molecular formula is C33H20N4O2. The number of nitrogens with zero attached hydrogens (tertiary/aromatic N) is 4. The van der Waals surface area contributed by atoms with Crippen LogP contribution < -0.4 is 9.47 Å². The molecule has 5 aromatic carbocycles. The van der Waals surface area contributed by atoms with Crippen molar-refractivity contribution in [2.45, 2.75) is 0 Å². The molecule has 0 amide bonds. The van der Waals surface area contributed by atoms with Gasteiger partial charge in [-0.3, -0.25) is 4.57 Å². The monoisotopic (exact) mass is 504 g/mol. The highest BCUT2D eigenvalue weighted by atomic mass is 16.6. The van der Waals surface area contributed by atoms with E-state index in [4.69, 9.17) is 24.4 Å². The molecule has 0 unspecified atom stereocenters. The lowest BCUT2D eigenvalue weighted by Crippen LogP contribution is -2.06. The van der Waals surface area contributed by atoms with Gasteiger partial charge < -0.3 is 9.47 Å². The van der Waals surface area contributed by atoms with Gasteiger partial charge in [0.05, 0.1) is 11.0 Å². The van der Waals surface area contributed by atoms with Gasteiger partial charge in [0.15, 0.2) is 34.6 Å². The van der Waals surface area contributed by atoms with E-state index in [2.05, 4.69) is 16.7 Å². The van der Waals surface area contributed by atoms with Crippen molar-refractivity contribution in [3.8, 4) is 51.7 Å². The van der Waals surface area contributed by atoms with Crippen LogP contribution in [0.4, 0.5) is 0 Å². The lowest BCUT2D eigenvalue weighted by molar-refractivity contribution is 0.360. The molecule has 1 aliphatic rings. The van der Waals surface area contributed by atoms with Crippen molar-refractivity contribution in [3.05, 3.63) is 121 Å². The van der Waals surface area contributed by atoms with Crippen LogP contribution in [-0.2, 0) is 0 Å². The van der Waals surface area contributed by atoms with E-state index in [-0.39, 0.29) is 0 Å². The SMILES string of the molecule is c1ccc(-c2nc(-c3ccccc3)nc(-n3c4ccccc4c4cc5c(cc43)Oc3ccccc3O5)n2)cc1. The van der Waals surface area contributed by atoms with E-state index in [1.54, 1.807) is 0 Å². The van der Waals surface area contributed by atoms with Gasteiger partial charge in [0.2, 0.25) is 5.95 Å². The molecule has 0 saturated heterocycles. The lowest BCUT2D eigenvalue weighted by Gasteiger charge is -2.20. The van der Waals surface area contributed by atoms with Crippen LogP contribution >= 0.6 is 0 Å². The van der Waals surface area contributed by atoms with Gasteiger partial charge >= 0.3 is 0 Å². The molecule has 0 radical (unpaired) electrons. The molecule has 0 bridgehead atoms. The summed E-state index contributed by atoms with van der Waals surface area (Å²) in [5.74, 6) is 4.45. The molecule has 0 atom stereocenters. The quantitative estimate of drug-likeness (QED) is 0.243. The standard InChI is InChI=1S/C33H20N4O2/c1-3-11-21(12-4-1)31-34-32(22-13-5-2-6-14-22)36-33(35-31)37-25-16-8-7-15-23(25)24-19-29-30(20-26(24)37)39-28-18-10-9-17-27(28)38-29/h1-20H. The van der Waals surface area contributed by atoms with Crippen LogP contribution in [0.1, 0.15) is 0 Å². The van der Waals surface area contributed by atoms with Crippen molar-refractivity contribution < 1.29 is 9.47 Å². The highest BCUT2D eigenvalue weighted by Gasteiger charge is 2.23. The first-order chi connectivity index (χ1) is 19.3.